The van der Waals surface area contributed by atoms with Crippen LogP contribution in [0.2, 0.25) is 0 Å². The molecule has 1 atom stereocenters. The van der Waals surface area contributed by atoms with Gasteiger partial charge in [-0.15, -0.1) is 0 Å². The molecule has 0 spiro atoms. The maximum absolute atomic E-state index is 14.0. The van der Waals surface area contributed by atoms with Gasteiger partial charge >= 0.3 is 12.1 Å². The Bertz CT molecular complexity index is 1800. The smallest absolute Gasteiger partial charge is 0.399 e. The van der Waals surface area contributed by atoms with Gasteiger partial charge < -0.3 is 15.7 Å². The van der Waals surface area contributed by atoms with E-state index in [1.807, 2.05) is 0 Å². The van der Waals surface area contributed by atoms with Gasteiger partial charge in [-0.05, 0) is 66.6 Å². The van der Waals surface area contributed by atoms with Crippen LogP contribution in [0.1, 0.15) is 53.7 Å². The fourth-order valence-corrected chi connectivity index (χ4v) is 5.77. The Morgan fingerprint density at radius 1 is 0.767 bits per heavy atom. The summed E-state index contributed by atoms with van der Waals surface area (Å²) in [5, 5.41) is 14.4. The molecule has 1 unspecified atom stereocenters. The molecule has 4 aromatic rings. The summed E-state index contributed by atoms with van der Waals surface area (Å²) in [5.74, 6) is -4.94. The van der Waals surface area contributed by atoms with Crippen LogP contribution in [0.4, 0.5) is 18.9 Å². The van der Waals surface area contributed by atoms with E-state index in [0.29, 0.717) is 0 Å². The zero-order valence-electron chi connectivity index (χ0n) is 22.8. The molecule has 8 nitrogen and oxygen atoms in total. The Kier molecular flexibility index (Phi) is 8.72. The molecule has 4 aromatic carbocycles. The molecule has 4 rings (SSSR count). The van der Waals surface area contributed by atoms with Crippen LogP contribution in [-0.4, -0.2) is 44.5 Å². The second-order valence-corrected chi connectivity index (χ2v) is 11.5. The number of benzene rings is 4. The third-order valence-electron chi connectivity index (χ3n) is 6.65. The number of amides is 2. The van der Waals surface area contributed by atoms with Crippen LogP contribution in [0.5, 0.6) is 0 Å². The molecule has 3 N–H and O–H groups in total. The molecule has 2 amide bonds. The van der Waals surface area contributed by atoms with Gasteiger partial charge in [0.05, 0.1) is 20.9 Å². The largest absolute Gasteiger partial charge is 0.478 e. The van der Waals surface area contributed by atoms with Crippen molar-refractivity contribution in [2.45, 2.75) is 28.8 Å². The van der Waals surface area contributed by atoms with E-state index in [1.165, 1.54) is 61.6 Å². The molecule has 0 bridgehead atoms. The summed E-state index contributed by atoms with van der Waals surface area (Å²) in [7, 11) is -2.91. The highest BCUT2D eigenvalue weighted by molar-refractivity contribution is 7.91. The van der Waals surface area contributed by atoms with Gasteiger partial charge in [0.25, 0.3) is 11.8 Å². The lowest BCUT2D eigenvalue weighted by molar-refractivity contribution is -0.141. The van der Waals surface area contributed by atoms with Crippen molar-refractivity contribution in [1.29, 1.82) is 0 Å². The van der Waals surface area contributed by atoms with Gasteiger partial charge in [0, 0.05) is 18.3 Å². The number of hydrogen-bond donors (Lipinski definition) is 3. The van der Waals surface area contributed by atoms with Gasteiger partial charge in [-0.1, -0.05) is 48.0 Å². The van der Waals surface area contributed by atoms with E-state index in [2.05, 4.69) is 10.6 Å². The summed E-state index contributed by atoms with van der Waals surface area (Å²) in [6.45, 7) is 1.76. The molecule has 0 radical (unpaired) electrons. The topological polar surface area (TPSA) is 130 Å². The van der Waals surface area contributed by atoms with Crippen molar-refractivity contribution in [2.75, 3.05) is 12.4 Å². The summed E-state index contributed by atoms with van der Waals surface area (Å²) < 4.78 is 68.6. The lowest BCUT2D eigenvalue weighted by atomic mass is 9.90. The van der Waals surface area contributed by atoms with Crippen molar-refractivity contribution in [1.82, 2.24) is 5.32 Å². The van der Waals surface area contributed by atoms with E-state index in [1.54, 1.807) is 19.1 Å². The number of rotatable bonds is 8. The molecule has 0 fully saturated rings. The summed E-state index contributed by atoms with van der Waals surface area (Å²) in [4.78, 5) is 36.3. The Morgan fingerprint density at radius 2 is 1.35 bits per heavy atom. The number of carboxylic acid groups (broad SMARTS) is 1. The van der Waals surface area contributed by atoms with Crippen LogP contribution in [0, 0.1) is 6.92 Å². The zero-order chi connectivity index (χ0) is 31.5. The standard InChI is InChI=1S/C31H25F3N2O6S/c1-18-6-8-19(9-7-18)27(31(32,33)34)20-10-12-22(13-11-20)36-29(38)26-17-24(14-15-25(26)30(39)40)43(41,42)23-5-3-4-21(16-23)28(37)35-2/h3-17,27H,1-2H3,(H,35,37)(H,36,38)(H,39,40). The number of carbonyl (C=O) groups excluding carboxylic acids is 2. The highest BCUT2D eigenvalue weighted by Crippen LogP contribution is 2.40. The number of halogens is 3. The number of nitrogens with one attached hydrogen (secondary N) is 2. The predicted molar refractivity (Wildman–Crippen MR) is 152 cm³/mol. The maximum Gasteiger partial charge on any atom is 0.399 e. The third kappa shape index (κ3) is 6.75. The molecule has 222 valence electrons. The SMILES string of the molecule is CNC(=O)c1cccc(S(=O)(=O)c2ccc(C(=O)O)c(C(=O)Nc3ccc(C(c4ccc(C)cc4)C(F)(F)F)cc3)c2)c1. The van der Waals surface area contributed by atoms with E-state index < -0.39 is 55.7 Å². The average Bonchev–Trinajstić information content (AvgIpc) is 2.97. The van der Waals surface area contributed by atoms with Crippen LogP contribution < -0.4 is 10.6 Å². The average molecular weight is 611 g/mol. The number of aromatic carboxylic acids is 1. The highest BCUT2D eigenvalue weighted by Gasteiger charge is 2.41. The predicted octanol–water partition coefficient (Wildman–Crippen LogP) is 5.83. The zero-order valence-corrected chi connectivity index (χ0v) is 23.6. The minimum Gasteiger partial charge on any atom is -0.478 e. The first-order valence-electron chi connectivity index (χ1n) is 12.7. The number of aryl methyl sites for hydroxylation is 1. The van der Waals surface area contributed by atoms with E-state index in [0.717, 1.165) is 29.8 Å². The van der Waals surface area contributed by atoms with E-state index in [-0.39, 0.29) is 27.3 Å². The number of carbonyl (C=O) groups is 3. The fourth-order valence-electron chi connectivity index (χ4n) is 4.44. The van der Waals surface area contributed by atoms with Gasteiger partial charge in [-0.2, -0.15) is 13.2 Å². The summed E-state index contributed by atoms with van der Waals surface area (Å²) in [6.07, 6.45) is -4.60. The molecular formula is C31H25F3N2O6S. The van der Waals surface area contributed by atoms with Crippen molar-refractivity contribution in [3.05, 3.63) is 124 Å². The highest BCUT2D eigenvalue weighted by atomic mass is 32.2. The van der Waals surface area contributed by atoms with Crippen molar-refractivity contribution >= 4 is 33.3 Å². The second kappa shape index (κ2) is 12.1. The molecule has 0 aliphatic heterocycles. The molecule has 0 saturated carbocycles. The molecule has 12 heteroatoms. The van der Waals surface area contributed by atoms with E-state index >= 15 is 0 Å². The Balaban J connectivity index is 1.65. The van der Waals surface area contributed by atoms with Crippen LogP contribution in [0.3, 0.4) is 0 Å². The number of sulfone groups is 1. The fraction of sp³-hybridized carbons (Fsp3) is 0.129. The lowest BCUT2D eigenvalue weighted by Crippen LogP contribution is -2.22. The van der Waals surface area contributed by atoms with Crippen molar-refractivity contribution < 1.29 is 41.1 Å². The first-order valence-corrected chi connectivity index (χ1v) is 14.2. The maximum atomic E-state index is 14.0. The third-order valence-corrected chi connectivity index (χ3v) is 8.40. The summed E-state index contributed by atoms with van der Waals surface area (Å²) in [5.41, 5.74) is -0.0920. The minimum absolute atomic E-state index is 0.0415. The van der Waals surface area contributed by atoms with Crippen molar-refractivity contribution in [3.8, 4) is 0 Å². The van der Waals surface area contributed by atoms with Crippen LogP contribution in [-0.2, 0) is 9.84 Å². The van der Waals surface area contributed by atoms with E-state index in [4.69, 9.17) is 0 Å². The normalized spacial score (nSPS) is 12.3. The summed E-state index contributed by atoms with van der Waals surface area (Å²) in [6, 6.07) is 18.9. The number of carboxylic acids is 1. The molecule has 0 saturated heterocycles. The van der Waals surface area contributed by atoms with E-state index in [9.17, 15) is 41.1 Å². The lowest BCUT2D eigenvalue weighted by Gasteiger charge is -2.22. The second-order valence-electron chi connectivity index (χ2n) is 9.58. The number of anilines is 1. The summed E-state index contributed by atoms with van der Waals surface area (Å²) >= 11 is 0. The van der Waals surface area contributed by atoms with Gasteiger partial charge in [0.15, 0.2) is 0 Å². The van der Waals surface area contributed by atoms with Crippen molar-refractivity contribution in [3.63, 3.8) is 0 Å². The molecular weight excluding hydrogens is 585 g/mol. The van der Waals surface area contributed by atoms with Gasteiger partial charge in [0.2, 0.25) is 9.84 Å². The van der Waals surface area contributed by atoms with Crippen molar-refractivity contribution in [2.24, 2.45) is 0 Å². The monoisotopic (exact) mass is 610 g/mol. The van der Waals surface area contributed by atoms with Gasteiger partial charge in [0.1, 0.15) is 5.92 Å². The molecule has 0 heterocycles. The molecule has 43 heavy (non-hydrogen) atoms. The minimum atomic E-state index is -4.60. The Labute approximate surface area is 245 Å². The molecule has 0 aliphatic rings. The van der Waals surface area contributed by atoms with Crippen LogP contribution in [0.15, 0.2) is 101 Å². The Hall–Kier alpha value is -4.97. The van der Waals surface area contributed by atoms with Crippen LogP contribution >= 0.6 is 0 Å². The number of hydrogen-bond acceptors (Lipinski definition) is 5. The first kappa shape index (κ1) is 31.0. The molecule has 0 aliphatic carbocycles. The van der Waals surface area contributed by atoms with Gasteiger partial charge in [-0.3, -0.25) is 9.59 Å². The first-order chi connectivity index (χ1) is 20.2. The van der Waals surface area contributed by atoms with Gasteiger partial charge in [-0.25, -0.2) is 13.2 Å². The Morgan fingerprint density at radius 3 is 1.91 bits per heavy atom. The van der Waals surface area contributed by atoms with Crippen LogP contribution in [0.25, 0.3) is 0 Å². The quantitative estimate of drug-likeness (QED) is 0.230. The number of alkyl halides is 3. The molecule has 0 aromatic heterocycles.